The summed E-state index contributed by atoms with van der Waals surface area (Å²) in [4.78, 5) is 13.4. The SMILES string of the molecule is CN1CCC(NCC2CC=CCC2)C1=O. The van der Waals surface area contributed by atoms with E-state index in [1.807, 2.05) is 11.9 Å². The van der Waals surface area contributed by atoms with Crippen LogP contribution >= 0.6 is 0 Å². The molecule has 2 aliphatic rings. The van der Waals surface area contributed by atoms with E-state index >= 15 is 0 Å². The highest BCUT2D eigenvalue weighted by Crippen LogP contribution is 2.18. The number of amides is 1. The van der Waals surface area contributed by atoms with Gasteiger partial charge in [0.2, 0.25) is 5.91 Å². The van der Waals surface area contributed by atoms with Crippen LogP contribution in [0.5, 0.6) is 0 Å². The molecule has 0 aromatic heterocycles. The normalized spacial score (nSPS) is 31.3. The smallest absolute Gasteiger partial charge is 0.239 e. The Bertz CT molecular complexity index is 262. The lowest BCUT2D eigenvalue weighted by Crippen LogP contribution is -2.39. The van der Waals surface area contributed by atoms with Crippen LogP contribution in [0.2, 0.25) is 0 Å². The molecular weight excluding hydrogens is 188 g/mol. The van der Waals surface area contributed by atoms with E-state index < -0.39 is 0 Å². The maximum atomic E-state index is 11.6. The van der Waals surface area contributed by atoms with Crippen molar-refractivity contribution in [2.24, 2.45) is 5.92 Å². The molecule has 1 aliphatic carbocycles. The van der Waals surface area contributed by atoms with E-state index in [0.29, 0.717) is 0 Å². The van der Waals surface area contributed by atoms with Gasteiger partial charge in [0.1, 0.15) is 0 Å². The van der Waals surface area contributed by atoms with Crippen LogP contribution in [-0.4, -0.2) is 37.0 Å². The van der Waals surface area contributed by atoms with Gasteiger partial charge in [-0.05, 0) is 38.1 Å². The molecule has 0 aromatic rings. The number of carbonyl (C=O) groups excluding carboxylic acids is 1. The highest BCUT2D eigenvalue weighted by molar-refractivity contribution is 5.83. The van der Waals surface area contributed by atoms with Crippen molar-refractivity contribution in [2.45, 2.75) is 31.7 Å². The second-order valence-corrected chi connectivity index (χ2v) is 4.66. The zero-order valence-corrected chi connectivity index (χ0v) is 9.41. The molecular formula is C12H20N2O. The third-order valence-corrected chi connectivity index (χ3v) is 3.46. The first-order chi connectivity index (χ1) is 7.27. The van der Waals surface area contributed by atoms with Gasteiger partial charge in [-0.2, -0.15) is 0 Å². The fourth-order valence-corrected chi connectivity index (χ4v) is 2.36. The van der Waals surface area contributed by atoms with E-state index in [1.165, 1.54) is 19.3 Å². The predicted octanol–water partition coefficient (Wildman–Crippen LogP) is 1.16. The minimum absolute atomic E-state index is 0.0842. The molecule has 0 spiro atoms. The Hall–Kier alpha value is -0.830. The van der Waals surface area contributed by atoms with Gasteiger partial charge in [0.05, 0.1) is 6.04 Å². The molecule has 1 aliphatic heterocycles. The first-order valence-corrected chi connectivity index (χ1v) is 5.90. The number of hydrogen-bond donors (Lipinski definition) is 1. The average molecular weight is 208 g/mol. The summed E-state index contributed by atoms with van der Waals surface area (Å²) in [5, 5.41) is 3.41. The minimum atomic E-state index is 0.0842. The molecule has 1 fully saturated rings. The van der Waals surface area contributed by atoms with Crippen LogP contribution in [0.25, 0.3) is 0 Å². The van der Waals surface area contributed by atoms with E-state index in [-0.39, 0.29) is 11.9 Å². The fourth-order valence-electron chi connectivity index (χ4n) is 2.36. The summed E-state index contributed by atoms with van der Waals surface area (Å²) in [5.74, 6) is 0.995. The summed E-state index contributed by atoms with van der Waals surface area (Å²) in [6.07, 6.45) is 9.12. The Kier molecular flexibility index (Phi) is 3.41. The molecule has 0 aromatic carbocycles. The summed E-state index contributed by atoms with van der Waals surface area (Å²) >= 11 is 0. The Morgan fingerprint density at radius 2 is 2.33 bits per heavy atom. The van der Waals surface area contributed by atoms with Gasteiger partial charge < -0.3 is 10.2 Å². The third-order valence-electron chi connectivity index (χ3n) is 3.46. The lowest BCUT2D eigenvalue weighted by Gasteiger charge is -2.20. The Morgan fingerprint density at radius 1 is 1.47 bits per heavy atom. The molecule has 2 unspecified atom stereocenters. The Morgan fingerprint density at radius 3 is 2.93 bits per heavy atom. The highest BCUT2D eigenvalue weighted by Gasteiger charge is 2.28. The van der Waals surface area contributed by atoms with Gasteiger partial charge in [-0.25, -0.2) is 0 Å². The number of carbonyl (C=O) groups is 1. The number of likely N-dealkylation sites (tertiary alicyclic amines) is 1. The molecule has 1 amide bonds. The zero-order chi connectivity index (χ0) is 10.7. The molecule has 1 saturated heterocycles. The summed E-state index contributed by atoms with van der Waals surface area (Å²) in [5.41, 5.74) is 0. The van der Waals surface area contributed by atoms with Gasteiger partial charge in [-0.15, -0.1) is 0 Å². The second kappa shape index (κ2) is 4.79. The van der Waals surface area contributed by atoms with Crippen molar-refractivity contribution in [3.05, 3.63) is 12.2 Å². The lowest BCUT2D eigenvalue weighted by atomic mass is 9.94. The maximum Gasteiger partial charge on any atom is 0.239 e. The first kappa shape index (κ1) is 10.7. The zero-order valence-electron chi connectivity index (χ0n) is 9.41. The van der Waals surface area contributed by atoms with Crippen LogP contribution in [0.1, 0.15) is 25.7 Å². The van der Waals surface area contributed by atoms with E-state index in [9.17, 15) is 4.79 Å². The summed E-state index contributed by atoms with van der Waals surface area (Å²) in [6, 6.07) is 0.0842. The van der Waals surface area contributed by atoms with Crippen LogP contribution < -0.4 is 5.32 Å². The van der Waals surface area contributed by atoms with Crippen LogP contribution in [0.4, 0.5) is 0 Å². The fraction of sp³-hybridized carbons (Fsp3) is 0.750. The Labute approximate surface area is 91.5 Å². The van der Waals surface area contributed by atoms with E-state index in [2.05, 4.69) is 17.5 Å². The van der Waals surface area contributed by atoms with Crippen LogP contribution in [0.3, 0.4) is 0 Å². The van der Waals surface area contributed by atoms with Crippen molar-refractivity contribution in [1.82, 2.24) is 10.2 Å². The lowest BCUT2D eigenvalue weighted by molar-refractivity contribution is -0.128. The van der Waals surface area contributed by atoms with Gasteiger partial charge in [-0.3, -0.25) is 4.79 Å². The topological polar surface area (TPSA) is 32.3 Å². The van der Waals surface area contributed by atoms with Crippen LogP contribution in [0.15, 0.2) is 12.2 Å². The number of rotatable bonds is 3. The van der Waals surface area contributed by atoms with Crippen molar-refractivity contribution >= 4 is 5.91 Å². The van der Waals surface area contributed by atoms with Crippen molar-refractivity contribution in [3.63, 3.8) is 0 Å². The molecule has 3 heteroatoms. The second-order valence-electron chi connectivity index (χ2n) is 4.66. The van der Waals surface area contributed by atoms with Gasteiger partial charge in [0.25, 0.3) is 0 Å². The van der Waals surface area contributed by atoms with Crippen molar-refractivity contribution in [1.29, 1.82) is 0 Å². The molecule has 15 heavy (non-hydrogen) atoms. The largest absolute Gasteiger partial charge is 0.344 e. The minimum Gasteiger partial charge on any atom is -0.344 e. The van der Waals surface area contributed by atoms with Crippen LogP contribution in [0, 0.1) is 5.92 Å². The maximum absolute atomic E-state index is 11.6. The summed E-state index contributed by atoms with van der Waals surface area (Å²) < 4.78 is 0. The quantitative estimate of drug-likeness (QED) is 0.706. The Balaban J connectivity index is 1.73. The van der Waals surface area contributed by atoms with Crippen molar-refractivity contribution in [3.8, 4) is 0 Å². The molecule has 2 atom stereocenters. The molecule has 0 radical (unpaired) electrons. The average Bonchev–Trinajstić information content (AvgIpc) is 2.59. The van der Waals surface area contributed by atoms with Gasteiger partial charge >= 0.3 is 0 Å². The number of allylic oxidation sites excluding steroid dienone is 2. The number of nitrogens with one attached hydrogen (secondary N) is 1. The van der Waals surface area contributed by atoms with Gasteiger partial charge in [0, 0.05) is 13.6 Å². The molecule has 84 valence electrons. The van der Waals surface area contributed by atoms with E-state index in [0.717, 1.165) is 25.4 Å². The molecule has 2 rings (SSSR count). The van der Waals surface area contributed by atoms with Gasteiger partial charge in [0.15, 0.2) is 0 Å². The molecule has 1 N–H and O–H groups in total. The highest BCUT2D eigenvalue weighted by atomic mass is 16.2. The summed E-state index contributed by atoms with van der Waals surface area (Å²) in [6.45, 7) is 1.90. The molecule has 0 saturated carbocycles. The number of likely N-dealkylation sites (N-methyl/N-ethyl adjacent to an activating group) is 1. The first-order valence-electron chi connectivity index (χ1n) is 5.90. The monoisotopic (exact) mass is 208 g/mol. The van der Waals surface area contributed by atoms with Crippen molar-refractivity contribution < 1.29 is 4.79 Å². The standard InChI is InChI=1S/C12H20N2O/c1-14-8-7-11(12(14)15)13-9-10-5-3-2-4-6-10/h2-3,10-11,13H,4-9H2,1H3. The van der Waals surface area contributed by atoms with Gasteiger partial charge in [-0.1, -0.05) is 12.2 Å². The molecule has 1 heterocycles. The molecule has 3 nitrogen and oxygen atoms in total. The van der Waals surface area contributed by atoms with Crippen molar-refractivity contribution in [2.75, 3.05) is 20.1 Å². The number of hydrogen-bond acceptors (Lipinski definition) is 2. The molecule has 0 bridgehead atoms. The van der Waals surface area contributed by atoms with E-state index in [1.54, 1.807) is 0 Å². The van der Waals surface area contributed by atoms with E-state index in [4.69, 9.17) is 0 Å². The predicted molar refractivity (Wildman–Crippen MR) is 60.5 cm³/mol. The van der Waals surface area contributed by atoms with Crippen LogP contribution in [-0.2, 0) is 4.79 Å². The summed E-state index contributed by atoms with van der Waals surface area (Å²) in [7, 11) is 1.88. The number of nitrogens with zero attached hydrogens (tertiary/aromatic N) is 1. The third kappa shape index (κ3) is 2.59.